The number of rotatable bonds is 6. The molecule has 0 atom stereocenters. The summed E-state index contributed by atoms with van der Waals surface area (Å²) in [5.41, 5.74) is 5.55. The smallest absolute Gasteiger partial charge is 0.227 e. The fourth-order valence-electron chi connectivity index (χ4n) is 1.75. The summed E-state index contributed by atoms with van der Waals surface area (Å²) in [6, 6.07) is 7.76. The fraction of sp³-hybridized carbons (Fsp3) is 0.214. The number of nitrogen functional groups attached to an aromatic ring is 1. The van der Waals surface area contributed by atoms with Gasteiger partial charge in [0.05, 0.1) is 4.88 Å². The fourth-order valence-corrected chi connectivity index (χ4v) is 3.22. The number of thioether (sulfide) groups is 1. The third-order valence-corrected chi connectivity index (χ3v) is 4.71. The lowest BCUT2D eigenvalue weighted by atomic mass is 10.3. The van der Waals surface area contributed by atoms with Crippen LogP contribution in [-0.4, -0.2) is 20.9 Å². The standard InChI is InChI=1S/C14H14N4OS2/c15-12-6-5-10(9-16-12)20-7-2-4-13-17-14(18-19-13)11-3-1-8-21-11/h1,3,5-6,8-9H,2,4,7H2,(H2,15,16). The van der Waals surface area contributed by atoms with Gasteiger partial charge in [-0.3, -0.25) is 0 Å². The largest absolute Gasteiger partial charge is 0.384 e. The van der Waals surface area contributed by atoms with Gasteiger partial charge < -0.3 is 10.3 Å². The monoisotopic (exact) mass is 318 g/mol. The Kier molecular flexibility index (Phi) is 4.52. The number of pyridine rings is 1. The minimum Gasteiger partial charge on any atom is -0.384 e. The summed E-state index contributed by atoms with van der Waals surface area (Å²) in [5.74, 6) is 2.89. The molecule has 3 aromatic heterocycles. The number of nitrogens with zero attached hydrogens (tertiary/aromatic N) is 3. The first-order valence-corrected chi connectivity index (χ1v) is 8.38. The summed E-state index contributed by atoms with van der Waals surface area (Å²) in [6.45, 7) is 0. The second-order valence-electron chi connectivity index (χ2n) is 4.36. The first kappa shape index (κ1) is 14.1. The van der Waals surface area contributed by atoms with Crippen LogP contribution in [0.1, 0.15) is 12.3 Å². The molecule has 0 amide bonds. The summed E-state index contributed by atoms with van der Waals surface area (Å²) in [5, 5.41) is 6.00. The Morgan fingerprint density at radius 3 is 3.00 bits per heavy atom. The number of nitrogens with two attached hydrogens (primary N) is 1. The normalized spacial score (nSPS) is 10.9. The molecule has 3 aromatic rings. The van der Waals surface area contributed by atoms with E-state index in [1.165, 1.54) is 0 Å². The van der Waals surface area contributed by atoms with Crippen molar-refractivity contribution in [1.29, 1.82) is 0 Å². The van der Waals surface area contributed by atoms with E-state index in [0.717, 1.165) is 28.4 Å². The molecule has 0 bridgehead atoms. The highest BCUT2D eigenvalue weighted by atomic mass is 32.2. The Morgan fingerprint density at radius 1 is 1.29 bits per heavy atom. The van der Waals surface area contributed by atoms with Crippen LogP contribution in [0.4, 0.5) is 5.82 Å². The third kappa shape index (κ3) is 3.83. The van der Waals surface area contributed by atoms with Crippen molar-refractivity contribution >= 4 is 28.9 Å². The molecule has 3 heterocycles. The average molecular weight is 318 g/mol. The molecule has 0 radical (unpaired) electrons. The summed E-state index contributed by atoms with van der Waals surface area (Å²) >= 11 is 3.36. The lowest BCUT2D eigenvalue weighted by molar-refractivity contribution is 0.378. The minimum atomic E-state index is 0.548. The van der Waals surface area contributed by atoms with Gasteiger partial charge in [0.2, 0.25) is 11.7 Å². The van der Waals surface area contributed by atoms with Gasteiger partial charge in [0.1, 0.15) is 5.82 Å². The zero-order chi connectivity index (χ0) is 14.5. The summed E-state index contributed by atoms with van der Waals surface area (Å²) in [4.78, 5) is 10.6. The van der Waals surface area contributed by atoms with E-state index in [-0.39, 0.29) is 0 Å². The van der Waals surface area contributed by atoms with E-state index in [1.807, 2.05) is 29.6 Å². The van der Waals surface area contributed by atoms with Gasteiger partial charge in [-0.25, -0.2) is 4.98 Å². The van der Waals surface area contributed by atoms with Crippen LogP contribution < -0.4 is 5.73 Å². The van der Waals surface area contributed by atoms with Gasteiger partial charge in [0.25, 0.3) is 0 Å². The van der Waals surface area contributed by atoms with Crippen molar-refractivity contribution in [2.75, 3.05) is 11.5 Å². The molecule has 0 aliphatic carbocycles. The maximum absolute atomic E-state index is 5.55. The van der Waals surface area contributed by atoms with Crippen molar-refractivity contribution in [3.63, 3.8) is 0 Å². The highest BCUT2D eigenvalue weighted by molar-refractivity contribution is 7.99. The molecule has 0 unspecified atom stereocenters. The quantitative estimate of drug-likeness (QED) is 0.553. The van der Waals surface area contributed by atoms with Gasteiger partial charge in [0.15, 0.2) is 0 Å². The molecule has 0 saturated heterocycles. The lowest BCUT2D eigenvalue weighted by Crippen LogP contribution is -1.90. The zero-order valence-corrected chi connectivity index (χ0v) is 12.9. The van der Waals surface area contributed by atoms with Crippen LogP contribution in [0.25, 0.3) is 10.7 Å². The van der Waals surface area contributed by atoms with Crippen molar-refractivity contribution in [1.82, 2.24) is 15.1 Å². The molecule has 0 saturated carbocycles. The predicted octanol–water partition coefficient (Wildman–Crippen LogP) is 3.50. The van der Waals surface area contributed by atoms with Gasteiger partial charge >= 0.3 is 0 Å². The average Bonchev–Trinajstić information content (AvgIpc) is 3.16. The highest BCUT2D eigenvalue weighted by Gasteiger charge is 2.08. The third-order valence-electron chi connectivity index (χ3n) is 2.77. The van der Waals surface area contributed by atoms with E-state index in [1.54, 1.807) is 29.3 Å². The van der Waals surface area contributed by atoms with Gasteiger partial charge in [-0.1, -0.05) is 11.2 Å². The molecular formula is C14H14N4OS2. The number of anilines is 1. The van der Waals surface area contributed by atoms with Crippen LogP contribution in [0.3, 0.4) is 0 Å². The maximum atomic E-state index is 5.55. The Morgan fingerprint density at radius 2 is 2.24 bits per heavy atom. The van der Waals surface area contributed by atoms with Crippen LogP contribution in [0.2, 0.25) is 0 Å². The molecule has 5 nitrogen and oxygen atoms in total. The van der Waals surface area contributed by atoms with E-state index in [9.17, 15) is 0 Å². The molecule has 7 heteroatoms. The molecule has 0 aromatic carbocycles. The van der Waals surface area contributed by atoms with Gasteiger partial charge in [0, 0.05) is 17.5 Å². The number of hydrogen-bond acceptors (Lipinski definition) is 7. The van der Waals surface area contributed by atoms with E-state index in [0.29, 0.717) is 17.5 Å². The van der Waals surface area contributed by atoms with Gasteiger partial charge in [-0.15, -0.1) is 23.1 Å². The van der Waals surface area contributed by atoms with E-state index in [4.69, 9.17) is 10.3 Å². The van der Waals surface area contributed by atoms with Crippen LogP contribution in [0.5, 0.6) is 0 Å². The maximum Gasteiger partial charge on any atom is 0.227 e. The van der Waals surface area contributed by atoms with Crippen LogP contribution in [0, 0.1) is 0 Å². The number of thiophene rings is 1. The molecule has 21 heavy (non-hydrogen) atoms. The van der Waals surface area contributed by atoms with Gasteiger partial charge in [-0.2, -0.15) is 4.98 Å². The molecule has 2 N–H and O–H groups in total. The highest BCUT2D eigenvalue weighted by Crippen LogP contribution is 2.22. The van der Waals surface area contributed by atoms with Crippen molar-refractivity contribution in [3.05, 3.63) is 41.7 Å². The second kappa shape index (κ2) is 6.73. The Balaban J connectivity index is 1.46. The van der Waals surface area contributed by atoms with E-state index >= 15 is 0 Å². The van der Waals surface area contributed by atoms with Crippen LogP contribution in [-0.2, 0) is 6.42 Å². The predicted molar refractivity (Wildman–Crippen MR) is 85.3 cm³/mol. The van der Waals surface area contributed by atoms with Crippen LogP contribution >= 0.6 is 23.1 Å². The van der Waals surface area contributed by atoms with E-state index < -0.39 is 0 Å². The van der Waals surface area contributed by atoms with Crippen molar-refractivity contribution in [2.24, 2.45) is 0 Å². The van der Waals surface area contributed by atoms with Crippen molar-refractivity contribution < 1.29 is 4.52 Å². The second-order valence-corrected chi connectivity index (χ2v) is 6.48. The Labute approximate surface area is 130 Å². The summed E-state index contributed by atoms with van der Waals surface area (Å²) in [7, 11) is 0. The first-order chi connectivity index (χ1) is 10.3. The number of aromatic nitrogens is 3. The zero-order valence-electron chi connectivity index (χ0n) is 11.2. The molecule has 0 aliphatic heterocycles. The molecule has 0 fully saturated rings. The van der Waals surface area contributed by atoms with E-state index in [2.05, 4.69) is 15.1 Å². The molecule has 3 rings (SSSR count). The molecule has 108 valence electrons. The number of hydrogen-bond donors (Lipinski definition) is 1. The Bertz CT molecular complexity index is 679. The van der Waals surface area contributed by atoms with Crippen molar-refractivity contribution in [3.8, 4) is 10.7 Å². The minimum absolute atomic E-state index is 0.548. The molecule has 0 spiro atoms. The van der Waals surface area contributed by atoms with Crippen LogP contribution in [0.15, 0.2) is 45.3 Å². The molecule has 0 aliphatic rings. The number of aryl methyl sites for hydroxylation is 1. The Hall–Kier alpha value is -1.86. The SMILES string of the molecule is Nc1ccc(SCCCc2nc(-c3cccs3)no2)cn1. The lowest BCUT2D eigenvalue weighted by Gasteiger charge is -2.00. The molecular weight excluding hydrogens is 304 g/mol. The summed E-state index contributed by atoms with van der Waals surface area (Å²) < 4.78 is 5.26. The first-order valence-electron chi connectivity index (χ1n) is 6.52. The van der Waals surface area contributed by atoms with Gasteiger partial charge in [-0.05, 0) is 35.8 Å². The topological polar surface area (TPSA) is 77.8 Å². The van der Waals surface area contributed by atoms with Crippen molar-refractivity contribution in [2.45, 2.75) is 17.7 Å². The summed E-state index contributed by atoms with van der Waals surface area (Å²) in [6.07, 6.45) is 3.55.